The number of aliphatic hydroxyl groups is 4. The fraction of sp³-hybridized carbons (Fsp3) is 0.500. The summed E-state index contributed by atoms with van der Waals surface area (Å²) in [6.07, 6.45) is -6.49. The molecule has 1 aromatic carbocycles. The second kappa shape index (κ2) is 7.44. The lowest BCUT2D eigenvalue weighted by Gasteiger charge is -2.48. The van der Waals surface area contributed by atoms with E-state index in [4.69, 9.17) is 16.2 Å². The maximum atomic E-state index is 12.8. The zero-order valence-electron chi connectivity index (χ0n) is 16.8. The molecule has 12 nitrogen and oxygen atoms in total. The number of aliphatic imine (C=N–C) groups is 2. The van der Waals surface area contributed by atoms with Crippen molar-refractivity contribution in [3.05, 3.63) is 35.4 Å². The van der Waals surface area contributed by atoms with E-state index >= 15 is 0 Å². The summed E-state index contributed by atoms with van der Waals surface area (Å²) in [5.41, 5.74) is 8.38. The van der Waals surface area contributed by atoms with E-state index in [1.165, 1.54) is 0 Å². The van der Waals surface area contributed by atoms with Crippen molar-refractivity contribution in [1.82, 2.24) is 10.2 Å². The number of alkyl halides is 3. The number of ether oxygens (including phenoxy) is 1. The third-order valence-corrected chi connectivity index (χ3v) is 6.01. The standard InChI is InChI=1S/C18H21F3N6O6/c19-18(20,21)8-3-1-7(2-4-8)13(30)33-12-10(6-29)27-15(23)24-9(5-28)11-16(27,17(12,31)32)26-14(22)25-11/h1-4,9-12,28-29,31-32H,5-6H2,(H2,23,24)(H3,22,25,26). The van der Waals surface area contributed by atoms with Gasteiger partial charge in [-0.1, -0.05) is 0 Å². The Labute approximate surface area is 184 Å². The lowest BCUT2D eigenvalue weighted by atomic mass is 9.86. The Morgan fingerprint density at radius 1 is 1.15 bits per heavy atom. The van der Waals surface area contributed by atoms with Crippen LogP contribution in [0.5, 0.6) is 0 Å². The maximum absolute atomic E-state index is 12.8. The number of halogens is 3. The summed E-state index contributed by atoms with van der Waals surface area (Å²) in [5.74, 6) is -4.74. The second-order valence-electron chi connectivity index (χ2n) is 7.83. The second-order valence-corrected chi connectivity index (χ2v) is 7.83. The molecule has 9 N–H and O–H groups in total. The quantitative estimate of drug-likeness (QED) is 0.177. The predicted molar refractivity (Wildman–Crippen MR) is 104 cm³/mol. The molecule has 0 amide bonds. The van der Waals surface area contributed by atoms with Crippen molar-refractivity contribution in [3.8, 4) is 0 Å². The van der Waals surface area contributed by atoms with Gasteiger partial charge in [-0.15, -0.1) is 0 Å². The van der Waals surface area contributed by atoms with Gasteiger partial charge in [0.1, 0.15) is 18.1 Å². The van der Waals surface area contributed by atoms with Crippen molar-refractivity contribution >= 4 is 17.9 Å². The molecule has 33 heavy (non-hydrogen) atoms. The van der Waals surface area contributed by atoms with Crippen LogP contribution in [0.4, 0.5) is 13.2 Å². The number of aliphatic hydroxyl groups excluding tert-OH is 2. The Morgan fingerprint density at radius 2 is 1.79 bits per heavy atom. The van der Waals surface area contributed by atoms with E-state index in [1.54, 1.807) is 0 Å². The van der Waals surface area contributed by atoms with E-state index < -0.39 is 66.6 Å². The average molecular weight is 474 g/mol. The molecular weight excluding hydrogens is 453 g/mol. The van der Waals surface area contributed by atoms with E-state index in [0.29, 0.717) is 12.1 Å². The highest BCUT2D eigenvalue weighted by atomic mass is 19.4. The first-order valence-electron chi connectivity index (χ1n) is 9.67. The molecule has 1 spiro atoms. The summed E-state index contributed by atoms with van der Waals surface area (Å²) in [6.45, 7) is -1.39. The van der Waals surface area contributed by atoms with Crippen LogP contribution in [0.2, 0.25) is 0 Å². The van der Waals surface area contributed by atoms with Crippen LogP contribution in [0.15, 0.2) is 34.3 Å². The van der Waals surface area contributed by atoms with Gasteiger partial charge in [-0.05, 0) is 24.3 Å². The van der Waals surface area contributed by atoms with Gasteiger partial charge in [0, 0.05) is 0 Å². The minimum Gasteiger partial charge on any atom is -0.451 e. The predicted octanol–water partition coefficient (Wildman–Crippen LogP) is -2.74. The van der Waals surface area contributed by atoms with Gasteiger partial charge in [0.05, 0.1) is 24.3 Å². The minimum absolute atomic E-state index is 0.243. The van der Waals surface area contributed by atoms with Crippen LogP contribution in [0.3, 0.4) is 0 Å². The Kier molecular flexibility index (Phi) is 5.19. The van der Waals surface area contributed by atoms with E-state index in [9.17, 15) is 38.4 Å². The number of benzene rings is 1. The number of esters is 1. The van der Waals surface area contributed by atoms with Gasteiger partial charge >= 0.3 is 12.1 Å². The molecule has 180 valence electrons. The molecule has 3 aliphatic rings. The minimum atomic E-state index is -4.62. The van der Waals surface area contributed by atoms with E-state index in [1.807, 2.05) is 0 Å². The molecule has 0 bridgehead atoms. The number of carbonyl (C=O) groups excluding carboxylic acids is 1. The van der Waals surface area contributed by atoms with Crippen molar-refractivity contribution in [1.29, 1.82) is 0 Å². The van der Waals surface area contributed by atoms with Gasteiger partial charge < -0.3 is 46.8 Å². The third-order valence-electron chi connectivity index (χ3n) is 6.01. The molecule has 0 saturated carbocycles. The van der Waals surface area contributed by atoms with E-state index in [-0.39, 0.29) is 17.5 Å². The fourth-order valence-corrected chi connectivity index (χ4v) is 4.59. The van der Waals surface area contributed by atoms with Gasteiger partial charge in [-0.3, -0.25) is 0 Å². The summed E-state index contributed by atoms with van der Waals surface area (Å²) in [5, 5.41) is 44.7. The van der Waals surface area contributed by atoms with E-state index in [0.717, 1.165) is 17.0 Å². The van der Waals surface area contributed by atoms with E-state index in [2.05, 4.69) is 15.3 Å². The molecule has 1 aromatic rings. The van der Waals surface area contributed by atoms with Gasteiger partial charge in [-0.2, -0.15) is 13.2 Å². The molecule has 0 aromatic heterocycles. The summed E-state index contributed by atoms with van der Waals surface area (Å²) in [6, 6.07) is -0.538. The van der Waals surface area contributed by atoms with Gasteiger partial charge in [0.2, 0.25) is 5.79 Å². The molecule has 3 heterocycles. The smallest absolute Gasteiger partial charge is 0.416 e. The largest absolute Gasteiger partial charge is 0.451 e. The van der Waals surface area contributed by atoms with Crippen molar-refractivity contribution in [2.24, 2.45) is 21.5 Å². The highest BCUT2D eigenvalue weighted by molar-refractivity contribution is 5.90. The van der Waals surface area contributed by atoms with Crippen LogP contribution in [-0.2, 0) is 10.9 Å². The number of carbonyl (C=O) groups is 1. The van der Waals surface area contributed by atoms with Gasteiger partial charge in [0.25, 0.3) is 0 Å². The normalized spacial score (nSPS) is 32.4. The zero-order chi connectivity index (χ0) is 24.3. The number of nitrogens with zero attached hydrogens (tertiary/aromatic N) is 3. The van der Waals surface area contributed by atoms with Gasteiger partial charge in [-0.25, -0.2) is 14.8 Å². The monoisotopic (exact) mass is 474 g/mol. The Balaban J connectivity index is 1.70. The highest BCUT2D eigenvalue weighted by Crippen LogP contribution is 2.48. The van der Waals surface area contributed by atoms with Crippen LogP contribution in [0, 0.1) is 0 Å². The summed E-state index contributed by atoms with van der Waals surface area (Å²) >= 11 is 0. The number of nitrogens with one attached hydrogen (secondary N) is 1. The van der Waals surface area contributed by atoms with Crippen LogP contribution in [0.25, 0.3) is 0 Å². The molecule has 5 unspecified atom stereocenters. The number of hydrogen-bond acceptors (Lipinski definition) is 12. The van der Waals surface area contributed by atoms with Gasteiger partial charge in [0.15, 0.2) is 23.7 Å². The first kappa shape index (κ1) is 23.0. The zero-order valence-corrected chi connectivity index (χ0v) is 16.8. The summed E-state index contributed by atoms with van der Waals surface area (Å²) in [4.78, 5) is 21.9. The van der Waals surface area contributed by atoms with Crippen LogP contribution in [0.1, 0.15) is 15.9 Å². The van der Waals surface area contributed by atoms with Crippen molar-refractivity contribution in [3.63, 3.8) is 0 Å². The number of rotatable bonds is 4. The third kappa shape index (κ3) is 3.18. The molecule has 1 fully saturated rings. The van der Waals surface area contributed by atoms with Crippen LogP contribution in [-0.4, -0.2) is 92.1 Å². The Bertz CT molecular complexity index is 1020. The van der Waals surface area contributed by atoms with Crippen LogP contribution < -0.4 is 16.8 Å². The van der Waals surface area contributed by atoms with Crippen molar-refractivity contribution in [2.75, 3.05) is 13.2 Å². The Hall–Kier alpha value is -3.14. The number of nitrogens with two attached hydrogens (primary N) is 2. The molecule has 5 atom stereocenters. The molecule has 15 heteroatoms. The molecule has 1 saturated heterocycles. The summed E-state index contributed by atoms with van der Waals surface area (Å²) < 4.78 is 43.6. The number of hydrogen-bond donors (Lipinski definition) is 7. The SMILES string of the molecule is NC1=NC2C(CO)N=C(N)N3C(CO)C(OC(=O)c4ccc(C(F)(F)F)cc4)C(O)(O)C23N1. The summed E-state index contributed by atoms with van der Waals surface area (Å²) in [7, 11) is 0. The lowest BCUT2D eigenvalue weighted by molar-refractivity contribution is -0.258. The molecular formula is C18H21F3N6O6. The molecule has 4 rings (SSSR count). The Morgan fingerprint density at radius 3 is 2.33 bits per heavy atom. The highest BCUT2D eigenvalue weighted by Gasteiger charge is 2.77. The van der Waals surface area contributed by atoms with Crippen molar-refractivity contribution in [2.45, 2.75) is 41.9 Å². The van der Waals surface area contributed by atoms with Crippen LogP contribution >= 0.6 is 0 Å². The fourth-order valence-electron chi connectivity index (χ4n) is 4.59. The maximum Gasteiger partial charge on any atom is 0.416 e. The first-order chi connectivity index (χ1) is 15.4. The lowest BCUT2D eigenvalue weighted by Crippen LogP contribution is -2.78. The number of guanidine groups is 2. The average Bonchev–Trinajstić information content (AvgIpc) is 3.20. The topological polar surface area (TPSA) is 199 Å². The molecule has 0 aliphatic carbocycles. The molecule has 0 radical (unpaired) electrons. The first-order valence-corrected chi connectivity index (χ1v) is 9.67. The molecule has 3 aliphatic heterocycles. The van der Waals surface area contributed by atoms with Crippen molar-refractivity contribution < 1.29 is 43.1 Å².